The highest BCUT2D eigenvalue weighted by Gasteiger charge is 2.15. The predicted molar refractivity (Wildman–Crippen MR) is 63.3 cm³/mol. The highest BCUT2D eigenvalue weighted by molar-refractivity contribution is 5.68. The van der Waals surface area contributed by atoms with E-state index in [1.165, 1.54) is 23.8 Å². The van der Waals surface area contributed by atoms with Gasteiger partial charge < -0.3 is 9.30 Å². The normalized spacial score (nSPS) is 10.1. The molecule has 0 radical (unpaired) electrons. The van der Waals surface area contributed by atoms with Gasteiger partial charge in [0.2, 0.25) is 0 Å². The second-order valence-corrected chi connectivity index (χ2v) is 3.75. The maximum atomic E-state index is 11.8. The number of aromatic nitrogens is 1. The van der Waals surface area contributed by atoms with Crippen molar-refractivity contribution in [2.45, 2.75) is 26.3 Å². The largest absolute Gasteiger partial charge is 0.469 e. The summed E-state index contributed by atoms with van der Waals surface area (Å²) in [4.78, 5) is 32.6. The lowest BCUT2D eigenvalue weighted by atomic mass is 10.2. The first-order chi connectivity index (χ1) is 8.47. The van der Waals surface area contributed by atoms with Gasteiger partial charge in [0.25, 0.3) is 0 Å². The lowest BCUT2D eigenvalue weighted by molar-refractivity contribution is -0.386. The minimum absolute atomic E-state index is 0.172. The Hall–Kier alpha value is -2.18. The van der Waals surface area contributed by atoms with Crippen molar-refractivity contribution >= 4 is 11.7 Å². The third-order valence-corrected chi connectivity index (χ3v) is 2.56. The van der Waals surface area contributed by atoms with Crippen LogP contribution in [-0.4, -0.2) is 22.6 Å². The number of ether oxygens (including phenoxy) is 1. The average molecular weight is 254 g/mol. The molecule has 0 fully saturated rings. The molecule has 7 heteroatoms. The number of carbonyl (C=O) groups excluding carboxylic acids is 1. The van der Waals surface area contributed by atoms with E-state index in [1.54, 1.807) is 6.92 Å². The van der Waals surface area contributed by atoms with Crippen LogP contribution in [0.3, 0.4) is 0 Å². The Balaban J connectivity index is 2.88. The van der Waals surface area contributed by atoms with E-state index in [0.717, 1.165) is 0 Å². The summed E-state index contributed by atoms with van der Waals surface area (Å²) < 4.78 is 5.77. The first kappa shape index (κ1) is 13.9. The second kappa shape index (κ2) is 5.95. The Morgan fingerprint density at radius 1 is 1.50 bits per heavy atom. The van der Waals surface area contributed by atoms with Crippen LogP contribution >= 0.6 is 0 Å². The number of methoxy groups -OCH3 is 1. The third-order valence-electron chi connectivity index (χ3n) is 2.56. The molecule has 0 saturated carbocycles. The second-order valence-electron chi connectivity index (χ2n) is 3.75. The average Bonchev–Trinajstić information content (AvgIpc) is 2.32. The van der Waals surface area contributed by atoms with Crippen LogP contribution in [0, 0.1) is 17.0 Å². The monoisotopic (exact) mass is 254 g/mol. The van der Waals surface area contributed by atoms with Gasteiger partial charge in [-0.25, -0.2) is 0 Å². The molecule has 1 aromatic heterocycles. The van der Waals surface area contributed by atoms with Crippen molar-refractivity contribution in [2.24, 2.45) is 0 Å². The maximum Gasteiger partial charge on any atom is 0.334 e. The molecule has 18 heavy (non-hydrogen) atoms. The molecule has 0 atom stereocenters. The first-order valence-electron chi connectivity index (χ1n) is 5.39. The molecular formula is C11H14N2O5. The molecular weight excluding hydrogens is 240 g/mol. The summed E-state index contributed by atoms with van der Waals surface area (Å²) in [7, 11) is 1.28. The highest BCUT2D eigenvalue weighted by Crippen LogP contribution is 2.07. The molecule has 0 aliphatic carbocycles. The lowest BCUT2D eigenvalue weighted by Crippen LogP contribution is -2.24. The van der Waals surface area contributed by atoms with Crippen LogP contribution in [0.25, 0.3) is 0 Å². The van der Waals surface area contributed by atoms with Crippen LogP contribution in [0.1, 0.15) is 18.5 Å². The molecule has 1 heterocycles. The van der Waals surface area contributed by atoms with E-state index in [1.807, 2.05) is 0 Å². The fourth-order valence-electron chi connectivity index (χ4n) is 1.56. The van der Waals surface area contributed by atoms with Crippen molar-refractivity contribution in [3.05, 3.63) is 38.3 Å². The van der Waals surface area contributed by atoms with Crippen molar-refractivity contribution in [1.29, 1.82) is 0 Å². The van der Waals surface area contributed by atoms with E-state index >= 15 is 0 Å². The van der Waals surface area contributed by atoms with Gasteiger partial charge >= 0.3 is 17.2 Å². The zero-order valence-electron chi connectivity index (χ0n) is 10.2. The Bertz CT molecular complexity index is 521. The summed E-state index contributed by atoms with van der Waals surface area (Å²) in [5.74, 6) is -0.369. The van der Waals surface area contributed by atoms with E-state index < -0.39 is 16.2 Å². The molecule has 0 aromatic carbocycles. The standard InChI is InChI=1S/C11H14N2O5/c1-8-5-6-9(13(16)17)11(15)12(8)7-3-4-10(14)18-2/h5-6H,3-4,7H2,1-2H3. The van der Waals surface area contributed by atoms with Gasteiger partial charge in [-0.1, -0.05) is 0 Å². The molecule has 0 aliphatic heterocycles. The van der Waals surface area contributed by atoms with Crippen molar-refractivity contribution in [3.63, 3.8) is 0 Å². The van der Waals surface area contributed by atoms with Crippen molar-refractivity contribution in [1.82, 2.24) is 4.57 Å². The molecule has 0 N–H and O–H groups in total. The van der Waals surface area contributed by atoms with E-state index in [-0.39, 0.29) is 18.9 Å². The number of aryl methyl sites for hydroxylation is 1. The third kappa shape index (κ3) is 3.16. The quantitative estimate of drug-likeness (QED) is 0.444. The van der Waals surface area contributed by atoms with E-state index in [2.05, 4.69) is 4.74 Å². The summed E-state index contributed by atoms with van der Waals surface area (Å²) in [6, 6.07) is 2.70. The number of esters is 1. The molecule has 7 nitrogen and oxygen atoms in total. The van der Waals surface area contributed by atoms with Gasteiger partial charge in [0.15, 0.2) is 0 Å². The van der Waals surface area contributed by atoms with E-state index in [0.29, 0.717) is 12.1 Å². The Kier molecular flexibility index (Phi) is 4.59. The number of rotatable bonds is 5. The minimum atomic E-state index is -0.710. The topological polar surface area (TPSA) is 91.4 Å². The lowest BCUT2D eigenvalue weighted by Gasteiger charge is -2.08. The fraction of sp³-hybridized carbons (Fsp3) is 0.455. The smallest absolute Gasteiger partial charge is 0.334 e. The zero-order valence-corrected chi connectivity index (χ0v) is 10.2. The van der Waals surface area contributed by atoms with Gasteiger partial charge in [0, 0.05) is 24.7 Å². The first-order valence-corrected chi connectivity index (χ1v) is 5.39. The van der Waals surface area contributed by atoms with Gasteiger partial charge in [-0.3, -0.25) is 19.7 Å². The molecule has 0 spiro atoms. The molecule has 0 amide bonds. The Morgan fingerprint density at radius 2 is 2.17 bits per heavy atom. The van der Waals surface area contributed by atoms with Crippen molar-refractivity contribution in [2.75, 3.05) is 7.11 Å². The number of nitrogens with zero attached hydrogens (tertiary/aromatic N) is 2. The van der Waals surface area contributed by atoms with Gasteiger partial charge in [-0.05, 0) is 19.4 Å². The SMILES string of the molecule is COC(=O)CCCn1c(C)ccc([N+](=O)[O-])c1=O. The summed E-state index contributed by atoms with van der Waals surface area (Å²) in [5, 5.41) is 10.6. The maximum absolute atomic E-state index is 11.8. The van der Waals surface area contributed by atoms with Crippen LogP contribution < -0.4 is 5.56 Å². The molecule has 1 aromatic rings. The van der Waals surface area contributed by atoms with E-state index in [9.17, 15) is 19.7 Å². The molecule has 1 rings (SSSR count). The molecule has 0 saturated heterocycles. The molecule has 0 aliphatic rings. The zero-order chi connectivity index (χ0) is 13.7. The minimum Gasteiger partial charge on any atom is -0.469 e. The fourth-order valence-corrected chi connectivity index (χ4v) is 1.56. The van der Waals surface area contributed by atoms with Crippen molar-refractivity contribution < 1.29 is 14.5 Å². The number of hydrogen-bond donors (Lipinski definition) is 0. The van der Waals surface area contributed by atoms with Crippen LogP contribution in [-0.2, 0) is 16.1 Å². The summed E-state index contributed by atoms with van der Waals surface area (Å²) >= 11 is 0. The summed E-state index contributed by atoms with van der Waals surface area (Å²) in [5.41, 5.74) is -0.487. The van der Waals surface area contributed by atoms with Crippen LogP contribution in [0.15, 0.2) is 16.9 Å². The summed E-state index contributed by atoms with van der Waals surface area (Å²) in [6.07, 6.45) is 0.569. The van der Waals surface area contributed by atoms with Gasteiger partial charge in [0.05, 0.1) is 12.0 Å². The van der Waals surface area contributed by atoms with Crippen LogP contribution in [0.5, 0.6) is 0 Å². The summed E-state index contributed by atoms with van der Waals surface area (Å²) in [6.45, 7) is 1.94. The van der Waals surface area contributed by atoms with Crippen LogP contribution in [0.4, 0.5) is 5.69 Å². The van der Waals surface area contributed by atoms with Gasteiger partial charge in [-0.15, -0.1) is 0 Å². The van der Waals surface area contributed by atoms with Crippen LogP contribution in [0.2, 0.25) is 0 Å². The molecule has 0 bridgehead atoms. The predicted octanol–water partition coefficient (Wildman–Crippen LogP) is 1.02. The highest BCUT2D eigenvalue weighted by atomic mass is 16.6. The van der Waals surface area contributed by atoms with E-state index in [4.69, 9.17) is 0 Å². The molecule has 98 valence electrons. The number of carbonyl (C=O) groups is 1. The van der Waals surface area contributed by atoms with Gasteiger partial charge in [0.1, 0.15) is 0 Å². The van der Waals surface area contributed by atoms with Crippen molar-refractivity contribution in [3.8, 4) is 0 Å². The Morgan fingerprint density at radius 3 is 2.72 bits per heavy atom. The Labute approximate surface area is 103 Å². The van der Waals surface area contributed by atoms with Gasteiger partial charge in [-0.2, -0.15) is 0 Å². The number of pyridine rings is 1. The number of hydrogen-bond acceptors (Lipinski definition) is 5. The number of nitro groups is 1. The molecule has 0 unspecified atom stereocenters.